The highest BCUT2D eigenvalue weighted by molar-refractivity contribution is 14.0. The predicted octanol–water partition coefficient (Wildman–Crippen LogP) is 3.46. The Labute approximate surface area is 181 Å². The second-order valence-electron chi connectivity index (χ2n) is 7.71. The molecule has 0 spiro atoms. The van der Waals surface area contributed by atoms with Crippen LogP contribution in [-0.4, -0.2) is 49.5 Å². The van der Waals surface area contributed by atoms with Crippen LogP contribution in [0.25, 0.3) is 0 Å². The molecule has 1 amide bonds. The highest BCUT2D eigenvalue weighted by Crippen LogP contribution is 2.23. The van der Waals surface area contributed by atoms with E-state index < -0.39 is 0 Å². The molecule has 0 unspecified atom stereocenters. The minimum atomic E-state index is -0.0159. The topological polar surface area (TPSA) is 56.7 Å². The minimum absolute atomic E-state index is 0. The average molecular weight is 486 g/mol. The van der Waals surface area contributed by atoms with Crippen LogP contribution in [0, 0.1) is 6.92 Å². The molecule has 2 N–H and O–H groups in total. The first-order chi connectivity index (χ1) is 12.4. The van der Waals surface area contributed by atoms with Gasteiger partial charge in [0.2, 0.25) is 5.91 Å². The molecule has 0 bridgehead atoms. The van der Waals surface area contributed by atoms with E-state index in [1.54, 1.807) is 0 Å². The Bertz CT molecular complexity index is 613. The standard InChI is InChI=1S/C21H34N4O.HI/c1-5-22-20(23-13-7-15-25-14-6-8-19(25)26)24-16-21(3,4)18-11-9-17(2)10-12-18;/h9-12H,5-8,13-16H2,1-4H3,(H2,22,23,24);1H. The van der Waals surface area contributed by atoms with Crippen molar-refractivity contribution in [3.05, 3.63) is 35.4 Å². The smallest absolute Gasteiger partial charge is 0.222 e. The van der Waals surface area contributed by atoms with Crippen LogP contribution < -0.4 is 10.6 Å². The van der Waals surface area contributed by atoms with E-state index >= 15 is 0 Å². The SMILES string of the molecule is CCNC(=NCC(C)(C)c1ccc(C)cc1)NCCCN1CCCC1=O.I. The maximum Gasteiger partial charge on any atom is 0.222 e. The van der Waals surface area contributed by atoms with Crippen LogP contribution in [-0.2, 0) is 10.2 Å². The van der Waals surface area contributed by atoms with Gasteiger partial charge in [0.25, 0.3) is 0 Å². The number of guanidine groups is 1. The van der Waals surface area contributed by atoms with Crippen molar-refractivity contribution in [2.24, 2.45) is 4.99 Å². The summed E-state index contributed by atoms with van der Waals surface area (Å²) < 4.78 is 0. The predicted molar refractivity (Wildman–Crippen MR) is 124 cm³/mol. The van der Waals surface area contributed by atoms with E-state index in [2.05, 4.69) is 62.6 Å². The van der Waals surface area contributed by atoms with Crippen molar-refractivity contribution in [2.45, 2.75) is 52.4 Å². The van der Waals surface area contributed by atoms with Gasteiger partial charge in [-0.1, -0.05) is 43.7 Å². The normalized spacial score (nSPS) is 14.9. The molecule has 27 heavy (non-hydrogen) atoms. The van der Waals surface area contributed by atoms with E-state index in [1.807, 2.05) is 4.90 Å². The Kier molecular flexibility index (Phi) is 10.1. The van der Waals surface area contributed by atoms with Crippen LogP contribution >= 0.6 is 24.0 Å². The van der Waals surface area contributed by atoms with Gasteiger partial charge in [-0.2, -0.15) is 0 Å². The number of nitrogens with one attached hydrogen (secondary N) is 2. The Hall–Kier alpha value is -1.31. The van der Waals surface area contributed by atoms with Crippen molar-refractivity contribution in [2.75, 3.05) is 32.7 Å². The van der Waals surface area contributed by atoms with Gasteiger partial charge >= 0.3 is 0 Å². The van der Waals surface area contributed by atoms with E-state index in [0.29, 0.717) is 12.3 Å². The quantitative estimate of drug-likeness (QED) is 0.256. The molecule has 5 nitrogen and oxygen atoms in total. The number of amides is 1. The molecule has 152 valence electrons. The van der Waals surface area contributed by atoms with Gasteiger partial charge in [-0.05, 0) is 32.3 Å². The summed E-state index contributed by atoms with van der Waals surface area (Å²) in [4.78, 5) is 18.4. The molecule has 1 saturated heterocycles. The molecule has 1 aromatic rings. The molecule has 1 aromatic carbocycles. The molecule has 2 rings (SSSR count). The van der Waals surface area contributed by atoms with Crippen LogP contribution in [0.15, 0.2) is 29.3 Å². The number of likely N-dealkylation sites (tertiary alicyclic amines) is 1. The maximum absolute atomic E-state index is 11.6. The van der Waals surface area contributed by atoms with E-state index in [-0.39, 0.29) is 29.4 Å². The zero-order valence-electron chi connectivity index (χ0n) is 17.2. The van der Waals surface area contributed by atoms with E-state index in [0.717, 1.165) is 51.5 Å². The third-order valence-corrected chi connectivity index (χ3v) is 4.88. The third-order valence-electron chi connectivity index (χ3n) is 4.88. The zero-order chi connectivity index (χ0) is 19.0. The van der Waals surface area contributed by atoms with Gasteiger partial charge in [-0.15, -0.1) is 24.0 Å². The van der Waals surface area contributed by atoms with Gasteiger partial charge in [0, 0.05) is 38.0 Å². The summed E-state index contributed by atoms with van der Waals surface area (Å²) in [5.41, 5.74) is 2.56. The molecule has 1 heterocycles. The van der Waals surface area contributed by atoms with Crippen LogP contribution in [0.2, 0.25) is 0 Å². The summed E-state index contributed by atoms with van der Waals surface area (Å²) in [6.45, 7) is 12.8. The van der Waals surface area contributed by atoms with Crippen molar-refractivity contribution in [3.63, 3.8) is 0 Å². The first kappa shape index (κ1) is 23.7. The lowest BCUT2D eigenvalue weighted by molar-refractivity contribution is -0.127. The molecule has 1 fully saturated rings. The van der Waals surface area contributed by atoms with E-state index in [4.69, 9.17) is 4.99 Å². The number of nitrogens with zero attached hydrogens (tertiary/aromatic N) is 2. The number of rotatable bonds is 8. The van der Waals surface area contributed by atoms with Gasteiger partial charge in [-0.3, -0.25) is 9.79 Å². The van der Waals surface area contributed by atoms with E-state index in [9.17, 15) is 4.79 Å². The van der Waals surface area contributed by atoms with Gasteiger partial charge in [-0.25, -0.2) is 0 Å². The Morgan fingerprint density at radius 1 is 1.22 bits per heavy atom. The molecule has 0 atom stereocenters. The Morgan fingerprint density at radius 2 is 1.93 bits per heavy atom. The zero-order valence-corrected chi connectivity index (χ0v) is 19.5. The van der Waals surface area contributed by atoms with Crippen LogP contribution in [0.5, 0.6) is 0 Å². The average Bonchev–Trinajstić information content (AvgIpc) is 3.02. The van der Waals surface area contributed by atoms with Crippen molar-refractivity contribution >= 4 is 35.8 Å². The Balaban J connectivity index is 0.00000364. The van der Waals surface area contributed by atoms with Crippen molar-refractivity contribution in [1.29, 1.82) is 0 Å². The second-order valence-corrected chi connectivity index (χ2v) is 7.71. The largest absolute Gasteiger partial charge is 0.357 e. The van der Waals surface area contributed by atoms with Crippen LogP contribution in [0.3, 0.4) is 0 Å². The summed E-state index contributed by atoms with van der Waals surface area (Å²) in [6, 6.07) is 8.70. The summed E-state index contributed by atoms with van der Waals surface area (Å²) in [5.74, 6) is 1.14. The number of aliphatic imine (C=N–C) groups is 1. The molecular formula is C21H35IN4O. The maximum atomic E-state index is 11.6. The first-order valence-electron chi connectivity index (χ1n) is 9.79. The van der Waals surface area contributed by atoms with E-state index in [1.165, 1.54) is 11.1 Å². The minimum Gasteiger partial charge on any atom is -0.357 e. The molecule has 0 saturated carbocycles. The monoisotopic (exact) mass is 486 g/mol. The lowest BCUT2D eigenvalue weighted by Gasteiger charge is -2.24. The molecule has 6 heteroatoms. The molecule has 0 aromatic heterocycles. The van der Waals surface area contributed by atoms with Gasteiger partial charge in [0.1, 0.15) is 0 Å². The number of halogens is 1. The molecule has 0 aliphatic carbocycles. The number of carbonyl (C=O) groups is 1. The lowest BCUT2D eigenvalue weighted by Crippen LogP contribution is -2.40. The number of benzene rings is 1. The molecule has 0 radical (unpaired) electrons. The highest BCUT2D eigenvalue weighted by Gasteiger charge is 2.21. The molecule has 1 aliphatic heterocycles. The summed E-state index contributed by atoms with van der Waals surface area (Å²) in [7, 11) is 0. The van der Waals surface area contributed by atoms with Crippen molar-refractivity contribution in [1.82, 2.24) is 15.5 Å². The van der Waals surface area contributed by atoms with Gasteiger partial charge < -0.3 is 15.5 Å². The lowest BCUT2D eigenvalue weighted by atomic mass is 9.84. The number of carbonyl (C=O) groups excluding carboxylic acids is 1. The fourth-order valence-electron chi connectivity index (χ4n) is 3.13. The molecule has 1 aliphatic rings. The summed E-state index contributed by atoms with van der Waals surface area (Å²) in [5, 5.41) is 6.70. The van der Waals surface area contributed by atoms with Gasteiger partial charge in [0.15, 0.2) is 5.96 Å². The van der Waals surface area contributed by atoms with Crippen molar-refractivity contribution in [3.8, 4) is 0 Å². The van der Waals surface area contributed by atoms with Crippen LogP contribution in [0.4, 0.5) is 0 Å². The third kappa shape index (κ3) is 7.68. The first-order valence-corrected chi connectivity index (χ1v) is 9.79. The highest BCUT2D eigenvalue weighted by atomic mass is 127. The fraction of sp³-hybridized carbons (Fsp3) is 0.619. The molecular weight excluding hydrogens is 451 g/mol. The Morgan fingerprint density at radius 3 is 2.52 bits per heavy atom. The summed E-state index contributed by atoms with van der Waals surface area (Å²) >= 11 is 0. The number of aryl methyl sites for hydroxylation is 1. The van der Waals surface area contributed by atoms with Crippen molar-refractivity contribution < 1.29 is 4.79 Å². The number of hydrogen-bond donors (Lipinski definition) is 2. The number of hydrogen-bond acceptors (Lipinski definition) is 2. The van der Waals surface area contributed by atoms with Gasteiger partial charge in [0.05, 0.1) is 6.54 Å². The fourth-order valence-corrected chi connectivity index (χ4v) is 3.13. The second kappa shape index (κ2) is 11.5. The van der Waals surface area contributed by atoms with Crippen LogP contribution in [0.1, 0.15) is 51.2 Å². The summed E-state index contributed by atoms with van der Waals surface area (Å²) in [6.07, 6.45) is 2.66.